The van der Waals surface area contributed by atoms with Gasteiger partial charge in [-0.05, 0) is 0 Å². The molecule has 12 heavy (non-hydrogen) atoms. The van der Waals surface area contributed by atoms with Gasteiger partial charge in [0.15, 0.2) is 0 Å². The normalized spacial score (nSPS) is 10.7. The molecule has 0 saturated heterocycles. The van der Waals surface area contributed by atoms with Crippen LogP contribution in [0.4, 0.5) is 0 Å². The summed E-state index contributed by atoms with van der Waals surface area (Å²) in [5.74, 6) is 0. The first-order valence-corrected chi connectivity index (χ1v) is 8.37. The van der Waals surface area contributed by atoms with Crippen molar-refractivity contribution in [3.05, 3.63) is 29.3 Å². The second kappa shape index (κ2) is 5.13. The van der Waals surface area contributed by atoms with Gasteiger partial charge in [-0.2, -0.15) is 0 Å². The minimum absolute atomic E-state index is 0.745. The maximum atomic E-state index is 5.74. The first-order chi connectivity index (χ1) is 5.77. The summed E-state index contributed by atoms with van der Waals surface area (Å²) in [7, 11) is 3.38. The van der Waals surface area contributed by atoms with Crippen LogP contribution in [-0.2, 0) is 5.63 Å². The van der Waals surface area contributed by atoms with Gasteiger partial charge < -0.3 is 0 Å². The van der Waals surface area contributed by atoms with E-state index in [1.165, 1.54) is 3.27 Å². The van der Waals surface area contributed by atoms with Crippen LogP contribution in [0.25, 0.3) is 0 Å². The Bertz CT molecular complexity index is 233. The van der Waals surface area contributed by atoms with Crippen LogP contribution in [0.1, 0.15) is 0 Å². The number of hydrogen-bond acceptors (Lipinski definition) is 2. The number of benzene rings is 1. The summed E-state index contributed by atoms with van der Waals surface area (Å²) in [6.07, 6.45) is 0. The first kappa shape index (κ1) is 10.4. The Balaban J connectivity index is 2.80. The molecule has 0 saturated carbocycles. The van der Waals surface area contributed by atoms with Crippen molar-refractivity contribution in [3.8, 4) is 0 Å². The van der Waals surface area contributed by atoms with Crippen LogP contribution in [0.15, 0.2) is 24.3 Å². The van der Waals surface area contributed by atoms with Crippen LogP contribution >= 0.6 is 11.6 Å². The first-order valence-electron chi connectivity index (χ1n) is 3.42. The topological polar surface area (TPSA) is 18.5 Å². The fourth-order valence-electron chi connectivity index (χ4n) is 0.848. The minimum atomic E-state index is -2.25. The zero-order chi connectivity index (χ0) is 8.97. The Labute approximate surface area is 86.4 Å². The Hall–Kier alpha value is 0.313. The Morgan fingerprint density at radius 1 is 1.08 bits per heavy atom. The molecular weight excluding hydrogens is 373 g/mol. The maximum absolute atomic E-state index is 5.74. The van der Waals surface area contributed by atoms with Crippen molar-refractivity contribution in [1.82, 2.24) is 0 Å². The van der Waals surface area contributed by atoms with Gasteiger partial charge in [0.05, 0.1) is 0 Å². The molecule has 0 atom stereocenters. The van der Waals surface area contributed by atoms with Crippen molar-refractivity contribution in [2.75, 3.05) is 14.2 Å². The molecular formula is C8H10BiClO2. The van der Waals surface area contributed by atoms with E-state index in [1.54, 1.807) is 14.2 Å². The molecule has 1 rings (SSSR count). The molecule has 0 aliphatic rings. The van der Waals surface area contributed by atoms with E-state index in [0.717, 1.165) is 5.02 Å². The molecule has 0 heterocycles. The van der Waals surface area contributed by atoms with E-state index in [9.17, 15) is 0 Å². The van der Waals surface area contributed by atoms with Crippen molar-refractivity contribution in [1.29, 1.82) is 0 Å². The second-order valence-corrected chi connectivity index (χ2v) is 9.38. The quantitative estimate of drug-likeness (QED) is 0.735. The zero-order valence-corrected chi connectivity index (χ0v) is 11.2. The molecule has 0 unspecified atom stereocenters. The summed E-state index contributed by atoms with van der Waals surface area (Å²) in [4.78, 5) is 0. The number of halogens is 1. The third kappa shape index (κ3) is 2.67. The van der Waals surface area contributed by atoms with E-state index in [-0.39, 0.29) is 0 Å². The summed E-state index contributed by atoms with van der Waals surface area (Å²) >= 11 is 3.50. The molecule has 0 aliphatic heterocycles. The molecule has 4 heteroatoms. The van der Waals surface area contributed by atoms with Gasteiger partial charge in [-0.25, -0.2) is 0 Å². The summed E-state index contributed by atoms with van der Waals surface area (Å²) in [6.45, 7) is 0. The van der Waals surface area contributed by atoms with Crippen molar-refractivity contribution in [2.45, 2.75) is 0 Å². The SMILES string of the molecule is C[O][Bi]([O]C)[c]1ccc(Cl)cc1. The van der Waals surface area contributed by atoms with Crippen molar-refractivity contribution >= 4 is 37.5 Å². The zero-order valence-electron chi connectivity index (χ0n) is 6.95. The van der Waals surface area contributed by atoms with E-state index >= 15 is 0 Å². The number of rotatable bonds is 3. The van der Waals surface area contributed by atoms with E-state index < -0.39 is 22.6 Å². The molecule has 0 aromatic heterocycles. The monoisotopic (exact) mass is 382 g/mol. The molecule has 0 N–H and O–H groups in total. The van der Waals surface area contributed by atoms with Crippen LogP contribution in [0.2, 0.25) is 5.02 Å². The molecule has 0 amide bonds. The van der Waals surface area contributed by atoms with Crippen LogP contribution in [0, 0.1) is 0 Å². The van der Waals surface area contributed by atoms with Crippen LogP contribution in [0.5, 0.6) is 0 Å². The molecule has 1 aromatic carbocycles. The molecule has 2 nitrogen and oxygen atoms in total. The number of hydrogen-bond donors (Lipinski definition) is 0. The summed E-state index contributed by atoms with van der Waals surface area (Å²) in [5.41, 5.74) is 0. The molecule has 0 spiro atoms. The van der Waals surface area contributed by atoms with Crippen LogP contribution in [0.3, 0.4) is 0 Å². The van der Waals surface area contributed by atoms with Gasteiger partial charge >= 0.3 is 86.6 Å². The van der Waals surface area contributed by atoms with Crippen LogP contribution in [-0.4, -0.2) is 36.9 Å². The Morgan fingerprint density at radius 2 is 1.58 bits per heavy atom. The average Bonchev–Trinajstić information content (AvgIpc) is 2.10. The van der Waals surface area contributed by atoms with Gasteiger partial charge in [0.1, 0.15) is 0 Å². The van der Waals surface area contributed by atoms with E-state index in [0.29, 0.717) is 0 Å². The van der Waals surface area contributed by atoms with Crippen LogP contribution < -0.4 is 3.27 Å². The van der Waals surface area contributed by atoms with Gasteiger partial charge in [0, 0.05) is 0 Å². The predicted octanol–water partition coefficient (Wildman–Crippen LogP) is 1.33. The molecule has 66 valence electrons. The third-order valence-electron chi connectivity index (χ3n) is 1.37. The van der Waals surface area contributed by atoms with Gasteiger partial charge in [0.25, 0.3) is 0 Å². The second-order valence-electron chi connectivity index (χ2n) is 2.10. The van der Waals surface area contributed by atoms with Crippen molar-refractivity contribution in [3.63, 3.8) is 0 Å². The molecule has 0 bridgehead atoms. The average molecular weight is 383 g/mol. The fourth-order valence-corrected chi connectivity index (χ4v) is 4.72. The Kier molecular flexibility index (Phi) is 4.44. The molecule has 1 aromatic rings. The van der Waals surface area contributed by atoms with E-state index in [1.807, 2.05) is 24.3 Å². The summed E-state index contributed by atoms with van der Waals surface area (Å²) < 4.78 is 11.7. The predicted molar refractivity (Wildman–Crippen MR) is 50.9 cm³/mol. The van der Waals surface area contributed by atoms with Crippen molar-refractivity contribution < 1.29 is 5.63 Å². The van der Waals surface area contributed by atoms with E-state index in [4.69, 9.17) is 17.2 Å². The van der Waals surface area contributed by atoms with Gasteiger partial charge in [-0.1, -0.05) is 0 Å². The standard InChI is InChI=1S/C6H4Cl.2CH3O.Bi/c7-6-4-2-1-3-5-6;2*1-2;/h2-5H;2*1H3;/q;2*-1;+2. The van der Waals surface area contributed by atoms with E-state index in [2.05, 4.69) is 0 Å². The van der Waals surface area contributed by atoms with Crippen molar-refractivity contribution in [2.24, 2.45) is 0 Å². The molecule has 0 aliphatic carbocycles. The third-order valence-corrected chi connectivity index (χ3v) is 7.00. The van der Waals surface area contributed by atoms with Gasteiger partial charge in [-0.15, -0.1) is 0 Å². The molecule has 0 radical (unpaired) electrons. The molecule has 0 fully saturated rings. The Morgan fingerprint density at radius 3 is 2.00 bits per heavy atom. The summed E-state index contributed by atoms with van der Waals surface area (Å²) in [6, 6.07) is 7.65. The van der Waals surface area contributed by atoms with Gasteiger partial charge in [-0.3, -0.25) is 0 Å². The van der Waals surface area contributed by atoms with Gasteiger partial charge in [0.2, 0.25) is 0 Å². The fraction of sp³-hybridized carbons (Fsp3) is 0.250. The summed E-state index contributed by atoms with van der Waals surface area (Å²) in [5, 5.41) is 0.745.